The molecule has 0 aromatic carbocycles. The molecule has 0 amide bonds. The van der Waals surface area contributed by atoms with Gasteiger partial charge < -0.3 is 10.8 Å². The van der Waals surface area contributed by atoms with Crippen molar-refractivity contribution in [3.05, 3.63) is 0 Å². The Morgan fingerprint density at radius 1 is 1.17 bits per heavy atom. The second-order valence-corrected chi connectivity index (χ2v) is 3.64. The van der Waals surface area contributed by atoms with Crippen molar-refractivity contribution >= 4 is 27.9 Å². The van der Waals surface area contributed by atoms with E-state index in [1.165, 1.54) is 6.21 Å². The van der Waals surface area contributed by atoms with Gasteiger partial charge in [0.05, 0.1) is 0 Å². The molecule has 0 radical (unpaired) electrons. The molecule has 0 heterocycles. The predicted octanol–water partition coefficient (Wildman–Crippen LogP) is 3.39. The van der Waals surface area contributed by atoms with E-state index in [2.05, 4.69) is 15.9 Å². The molecule has 0 unspecified atom stereocenters. The third-order valence-corrected chi connectivity index (χ3v) is 2.25. The van der Waals surface area contributed by atoms with E-state index in [-0.39, 0.29) is 0 Å². The van der Waals surface area contributed by atoms with E-state index in [1.807, 2.05) is 0 Å². The van der Waals surface area contributed by atoms with Gasteiger partial charge in [0.15, 0.2) is 0 Å². The molecule has 3 heteroatoms. The zero-order chi connectivity index (χ0) is 9.23. The maximum Gasteiger partial charge on any atom is 0.00894 e. The van der Waals surface area contributed by atoms with Crippen LogP contribution in [0.25, 0.3) is 0 Å². The number of halogens is 1. The van der Waals surface area contributed by atoms with Crippen LogP contribution in [0.5, 0.6) is 0 Å². The molecule has 0 fully saturated rings. The highest BCUT2D eigenvalue weighted by Gasteiger charge is 1.95. The molecule has 0 saturated carbocycles. The van der Waals surface area contributed by atoms with Gasteiger partial charge in [-0.2, -0.15) is 0 Å². The maximum absolute atomic E-state index is 7.55. The van der Waals surface area contributed by atoms with E-state index in [0.29, 0.717) is 0 Å². The molecule has 0 aliphatic carbocycles. The molecular weight excluding hydrogens is 216 g/mol. The second-order valence-electron chi connectivity index (χ2n) is 2.85. The van der Waals surface area contributed by atoms with Gasteiger partial charge in [0.1, 0.15) is 0 Å². The number of alkyl halides is 1. The van der Waals surface area contributed by atoms with Crippen LogP contribution in [0.1, 0.15) is 38.5 Å². The molecule has 70 valence electrons. The predicted molar refractivity (Wildman–Crippen MR) is 58.0 cm³/mol. The summed E-state index contributed by atoms with van der Waals surface area (Å²) < 4.78 is 0. The highest BCUT2D eigenvalue weighted by molar-refractivity contribution is 9.09. The molecule has 2 N–H and O–H groups in total. The largest absolute Gasteiger partial charge is 0.313 e. The molecule has 0 atom stereocenters. The second kappa shape index (κ2) is 8.91. The maximum atomic E-state index is 7.55. The summed E-state index contributed by atoms with van der Waals surface area (Å²) in [6.45, 7) is 0. The Bertz CT molecular complexity index is 134. The van der Waals surface area contributed by atoms with Crippen LogP contribution >= 0.6 is 15.9 Å². The molecule has 2 nitrogen and oxygen atoms in total. The number of nitrogens with one attached hydrogen (secondary N) is 2. The van der Waals surface area contributed by atoms with Crippen molar-refractivity contribution in [3.63, 3.8) is 0 Å². The zero-order valence-electron chi connectivity index (χ0n) is 7.41. The van der Waals surface area contributed by atoms with Crippen LogP contribution in [0.3, 0.4) is 0 Å². The minimum absolute atomic E-state index is 0.861. The molecule has 12 heavy (non-hydrogen) atoms. The van der Waals surface area contributed by atoms with Gasteiger partial charge in [0.25, 0.3) is 0 Å². The van der Waals surface area contributed by atoms with Gasteiger partial charge in [0.2, 0.25) is 0 Å². The van der Waals surface area contributed by atoms with E-state index >= 15 is 0 Å². The number of hydrogen-bond acceptors (Lipinski definition) is 2. The Hall–Kier alpha value is -0.180. The van der Waals surface area contributed by atoms with Crippen LogP contribution < -0.4 is 0 Å². The molecule has 0 aliphatic heterocycles. The van der Waals surface area contributed by atoms with Crippen molar-refractivity contribution in [1.82, 2.24) is 0 Å². The quantitative estimate of drug-likeness (QED) is 0.367. The van der Waals surface area contributed by atoms with Gasteiger partial charge in [0, 0.05) is 11.0 Å². The van der Waals surface area contributed by atoms with E-state index in [4.69, 9.17) is 10.8 Å². The molecule has 0 aromatic rings. The van der Waals surface area contributed by atoms with Gasteiger partial charge in [-0.15, -0.1) is 0 Å². The summed E-state index contributed by atoms with van der Waals surface area (Å²) in [6.07, 6.45) is 7.35. The van der Waals surface area contributed by atoms with Crippen molar-refractivity contribution in [1.29, 1.82) is 10.8 Å². The average molecular weight is 233 g/mol. The molecule has 0 rings (SSSR count). The summed E-state index contributed by atoms with van der Waals surface area (Å²) in [4.78, 5) is 0. The standard InChI is InChI=1S/C9H17BrN2/c10-7-4-6-9(12)5-2-1-3-8-11/h8,11-12H,1-7H2. The first-order chi connectivity index (χ1) is 5.81. The van der Waals surface area contributed by atoms with Crippen LogP contribution in [0.4, 0.5) is 0 Å². The number of unbranched alkanes of at least 4 members (excludes halogenated alkanes) is 2. The Balaban J connectivity index is 3.13. The van der Waals surface area contributed by atoms with Crippen molar-refractivity contribution in [3.8, 4) is 0 Å². The third kappa shape index (κ3) is 7.92. The first-order valence-corrected chi connectivity index (χ1v) is 5.54. The fourth-order valence-electron chi connectivity index (χ4n) is 0.990. The van der Waals surface area contributed by atoms with Gasteiger partial charge >= 0.3 is 0 Å². The average Bonchev–Trinajstić information content (AvgIpc) is 2.09. The van der Waals surface area contributed by atoms with Gasteiger partial charge in [-0.1, -0.05) is 15.9 Å². The van der Waals surface area contributed by atoms with Crippen molar-refractivity contribution < 1.29 is 0 Å². The first kappa shape index (κ1) is 11.8. The molecule has 0 aromatic heterocycles. The smallest absolute Gasteiger partial charge is 0.00894 e. The molecule has 0 spiro atoms. The lowest BCUT2D eigenvalue weighted by Crippen LogP contribution is -1.96. The van der Waals surface area contributed by atoms with E-state index in [1.54, 1.807) is 0 Å². The zero-order valence-corrected chi connectivity index (χ0v) is 8.99. The van der Waals surface area contributed by atoms with E-state index in [0.717, 1.165) is 49.6 Å². The minimum atomic E-state index is 0.861. The first-order valence-electron chi connectivity index (χ1n) is 4.42. The summed E-state index contributed by atoms with van der Waals surface area (Å²) in [5.41, 5.74) is 0.861. The van der Waals surface area contributed by atoms with Crippen molar-refractivity contribution in [2.45, 2.75) is 38.5 Å². The van der Waals surface area contributed by atoms with E-state index in [9.17, 15) is 0 Å². The SMILES string of the molecule is N=CCCCCC(=N)CCCBr. The summed E-state index contributed by atoms with van der Waals surface area (Å²) in [6, 6.07) is 0. The topological polar surface area (TPSA) is 47.7 Å². The van der Waals surface area contributed by atoms with Crippen molar-refractivity contribution in [2.24, 2.45) is 0 Å². The lowest BCUT2D eigenvalue weighted by Gasteiger charge is -2.00. The Morgan fingerprint density at radius 2 is 1.83 bits per heavy atom. The van der Waals surface area contributed by atoms with Gasteiger partial charge in [-0.3, -0.25) is 0 Å². The summed E-state index contributed by atoms with van der Waals surface area (Å²) >= 11 is 3.34. The Kier molecular flexibility index (Phi) is 8.78. The Labute approximate surface area is 82.9 Å². The summed E-state index contributed by atoms with van der Waals surface area (Å²) in [5, 5.41) is 15.4. The highest BCUT2D eigenvalue weighted by atomic mass is 79.9. The van der Waals surface area contributed by atoms with Crippen LogP contribution in [0.2, 0.25) is 0 Å². The lowest BCUT2D eigenvalue weighted by atomic mass is 10.1. The highest BCUT2D eigenvalue weighted by Crippen LogP contribution is 2.04. The van der Waals surface area contributed by atoms with Crippen LogP contribution in [0.15, 0.2) is 0 Å². The molecule has 0 saturated heterocycles. The van der Waals surface area contributed by atoms with Gasteiger partial charge in [-0.05, 0) is 44.7 Å². The third-order valence-electron chi connectivity index (χ3n) is 1.69. The summed E-state index contributed by atoms with van der Waals surface area (Å²) in [7, 11) is 0. The number of rotatable bonds is 8. The Morgan fingerprint density at radius 3 is 2.42 bits per heavy atom. The molecular formula is C9H17BrN2. The van der Waals surface area contributed by atoms with Crippen LogP contribution in [-0.2, 0) is 0 Å². The van der Waals surface area contributed by atoms with E-state index < -0.39 is 0 Å². The fraction of sp³-hybridized carbons (Fsp3) is 0.778. The van der Waals surface area contributed by atoms with Gasteiger partial charge in [-0.25, -0.2) is 0 Å². The fourth-order valence-corrected chi connectivity index (χ4v) is 1.27. The van der Waals surface area contributed by atoms with Crippen LogP contribution in [0, 0.1) is 10.8 Å². The lowest BCUT2D eigenvalue weighted by molar-refractivity contribution is 0.783. The normalized spacial score (nSPS) is 9.75. The molecule has 0 bridgehead atoms. The van der Waals surface area contributed by atoms with Crippen LogP contribution in [-0.4, -0.2) is 17.3 Å². The van der Waals surface area contributed by atoms with Crippen molar-refractivity contribution in [2.75, 3.05) is 5.33 Å². The molecule has 0 aliphatic rings. The minimum Gasteiger partial charge on any atom is -0.313 e. The summed E-state index contributed by atoms with van der Waals surface area (Å²) in [5.74, 6) is 0. The number of hydrogen-bond donors (Lipinski definition) is 2. The monoisotopic (exact) mass is 232 g/mol.